The Morgan fingerprint density at radius 2 is 1.86 bits per heavy atom. The van der Waals surface area contributed by atoms with Crippen molar-refractivity contribution < 1.29 is 9.47 Å². The molecule has 0 amide bonds. The standard InChI is InChI=1S/C19H25NO2/c1-14(2)20-12-17-9-6-10-18(21-4)19(17)22-13-16-8-5-7-15(3)11-16/h5-11,14,20H,12-13H2,1-4H3. The minimum absolute atomic E-state index is 0.427. The van der Waals surface area contributed by atoms with Crippen molar-refractivity contribution in [1.82, 2.24) is 5.32 Å². The number of ether oxygens (including phenoxy) is 2. The summed E-state index contributed by atoms with van der Waals surface area (Å²) in [6, 6.07) is 14.8. The van der Waals surface area contributed by atoms with Gasteiger partial charge in [0.1, 0.15) is 6.61 Å². The zero-order chi connectivity index (χ0) is 15.9. The molecule has 0 saturated carbocycles. The zero-order valence-electron chi connectivity index (χ0n) is 13.8. The molecule has 2 rings (SSSR count). The van der Waals surface area contributed by atoms with Gasteiger partial charge >= 0.3 is 0 Å². The maximum atomic E-state index is 6.07. The molecule has 22 heavy (non-hydrogen) atoms. The normalized spacial score (nSPS) is 10.8. The molecular weight excluding hydrogens is 274 g/mol. The monoisotopic (exact) mass is 299 g/mol. The van der Waals surface area contributed by atoms with E-state index in [0.29, 0.717) is 12.6 Å². The fraction of sp³-hybridized carbons (Fsp3) is 0.368. The molecule has 1 N–H and O–H groups in total. The summed E-state index contributed by atoms with van der Waals surface area (Å²) in [6.45, 7) is 7.65. The van der Waals surface area contributed by atoms with E-state index >= 15 is 0 Å². The first-order valence-corrected chi connectivity index (χ1v) is 7.67. The molecule has 0 atom stereocenters. The van der Waals surface area contributed by atoms with Crippen LogP contribution in [0.1, 0.15) is 30.5 Å². The maximum absolute atomic E-state index is 6.07. The van der Waals surface area contributed by atoms with Gasteiger partial charge < -0.3 is 14.8 Å². The second kappa shape index (κ2) is 7.85. The summed E-state index contributed by atoms with van der Waals surface area (Å²) < 4.78 is 11.5. The number of rotatable bonds is 7. The van der Waals surface area contributed by atoms with Crippen LogP contribution >= 0.6 is 0 Å². The summed E-state index contributed by atoms with van der Waals surface area (Å²) in [4.78, 5) is 0. The lowest BCUT2D eigenvalue weighted by molar-refractivity contribution is 0.280. The molecule has 0 aromatic heterocycles. The van der Waals surface area contributed by atoms with Crippen molar-refractivity contribution in [2.75, 3.05) is 7.11 Å². The third kappa shape index (κ3) is 4.50. The molecule has 0 fully saturated rings. The van der Waals surface area contributed by atoms with Gasteiger partial charge in [0, 0.05) is 18.2 Å². The van der Waals surface area contributed by atoms with Crippen LogP contribution in [0.15, 0.2) is 42.5 Å². The average molecular weight is 299 g/mol. The molecule has 0 heterocycles. The Morgan fingerprint density at radius 1 is 1.09 bits per heavy atom. The van der Waals surface area contributed by atoms with Crippen molar-refractivity contribution in [2.24, 2.45) is 0 Å². The lowest BCUT2D eigenvalue weighted by Crippen LogP contribution is -2.22. The van der Waals surface area contributed by atoms with Crippen LogP contribution in [0.3, 0.4) is 0 Å². The lowest BCUT2D eigenvalue weighted by atomic mass is 10.1. The third-order valence-electron chi connectivity index (χ3n) is 3.45. The number of para-hydroxylation sites is 1. The Balaban J connectivity index is 2.16. The van der Waals surface area contributed by atoms with E-state index in [1.807, 2.05) is 12.1 Å². The minimum Gasteiger partial charge on any atom is -0.493 e. The summed E-state index contributed by atoms with van der Waals surface area (Å²) >= 11 is 0. The fourth-order valence-corrected chi connectivity index (χ4v) is 2.30. The van der Waals surface area contributed by atoms with Crippen molar-refractivity contribution in [1.29, 1.82) is 0 Å². The van der Waals surface area contributed by atoms with Crippen LogP contribution in [0.25, 0.3) is 0 Å². The van der Waals surface area contributed by atoms with E-state index in [2.05, 4.69) is 56.4 Å². The number of methoxy groups -OCH3 is 1. The van der Waals surface area contributed by atoms with E-state index < -0.39 is 0 Å². The highest BCUT2D eigenvalue weighted by molar-refractivity contribution is 5.46. The number of hydrogen-bond acceptors (Lipinski definition) is 3. The molecule has 0 aliphatic heterocycles. The minimum atomic E-state index is 0.427. The second-order valence-electron chi connectivity index (χ2n) is 5.76. The van der Waals surface area contributed by atoms with Gasteiger partial charge in [-0.15, -0.1) is 0 Å². The van der Waals surface area contributed by atoms with Crippen LogP contribution in [0.2, 0.25) is 0 Å². The summed E-state index contributed by atoms with van der Waals surface area (Å²) in [5.41, 5.74) is 3.51. The van der Waals surface area contributed by atoms with Gasteiger partial charge in [-0.3, -0.25) is 0 Å². The molecule has 118 valence electrons. The van der Waals surface area contributed by atoms with Crippen molar-refractivity contribution in [2.45, 2.75) is 40.0 Å². The van der Waals surface area contributed by atoms with Crippen LogP contribution in [0.5, 0.6) is 11.5 Å². The van der Waals surface area contributed by atoms with Crippen LogP contribution in [0, 0.1) is 6.92 Å². The SMILES string of the molecule is COc1cccc(CNC(C)C)c1OCc1cccc(C)c1. The fourth-order valence-electron chi connectivity index (χ4n) is 2.30. The van der Waals surface area contributed by atoms with Crippen LogP contribution in [0.4, 0.5) is 0 Å². The Bertz CT molecular complexity index is 608. The van der Waals surface area contributed by atoms with Gasteiger partial charge in [0.15, 0.2) is 11.5 Å². The van der Waals surface area contributed by atoms with Crippen molar-refractivity contribution in [3.63, 3.8) is 0 Å². The first kappa shape index (κ1) is 16.4. The molecule has 0 aliphatic carbocycles. The van der Waals surface area contributed by atoms with E-state index in [0.717, 1.165) is 29.2 Å². The zero-order valence-corrected chi connectivity index (χ0v) is 13.8. The molecule has 2 aromatic rings. The summed E-state index contributed by atoms with van der Waals surface area (Å²) in [7, 11) is 1.68. The van der Waals surface area contributed by atoms with Crippen LogP contribution < -0.4 is 14.8 Å². The molecule has 3 heteroatoms. The number of aryl methyl sites for hydroxylation is 1. The highest BCUT2D eigenvalue weighted by Crippen LogP contribution is 2.31. The Kier molecular flexibility index (Phi) is 5.84. The van der Waals surface area contributed by atoms with Gasteiger partial charge in [-0.05, 0) is 18.6 Å². The Hall–Kier alpha value is -2.00. The average Bonchev–Trinajstić information content (AvgIpc) is 2.51. The van der Waals surface area contributed by atoms with Gasteiger partial charge in [0.2, 0.25) is 0 Å². The molecule has 0 radical (unpaired) electrons. The van der Waals surface area contributed by atoms with Crippen molar-refractivity contribution in [3.8, 4) is 11.5 Å². The number of nitrogens with one attached hydrogen (secondary N) is 1. The third-order valence-corrected chi connectivity index (χ3v) is 3.45. The van der Waals surface area contributed by atoms with Crippen LogP contribution in [-0.4, -0.2) is 13.2 Å². The Labute approximate surface area is 133 Å². The summed E-state index contributed by atoms with van der Waals surface area (Å²) in [6.07, 6.45) is 0. The molecule has 3 nitrogen and oxygen atoms in total. The molecule has 0 bridgehead atoms. The van der Waals surface area contributed by atoms with Gasteiger partial charge in [-0.25, -0.2) is 0 Å². The van der Waals surface area contributed by atoms with E-state index in [9.17, 15) is 0 Å². The Morgan fingerprint density at radius 3 is 2.55 bits per heavy atom. The molecule has 0 aliphatic rings. The highest BCUT2D eigenvalue weighted by Gasteiger charge is 2.11. The van der Waals surface area contributed by atoms with Gasteiger partial charge in [-0.2, -0.15) is 0 Å². The second-order valence-corrected chi connectivity index (χ2v) is 5.76. The molecule has 2 aromatic carbocycles. The van der Waals surface area contributed by atoms with E-state index in [4.69, 9.17) is 9.47 Å². The predicted molar refractivity (Wildman–Crippen MR) is 90.5 cm³/mol. The smallest absolute Gasteiger partial charge is 0.166 e. The van der Waals surface area contributed by atoms with Crippen LogP contribution in [-0.2, 0) is 13.2 Å². The topological polar surface area (TPSA) is 30.5 Å². The lowest BCUT2D eigenvalue weighted by Gasteiger charge is -2.16. The number of hydrogen-bond donors (Lipinski definition) is 1. The van der Waals surface area contributed by atoms with Gasteiger partial charge in [0.25, 0.3) is 0 Å². The highest BCUT2D eigenvalue weighted by atomic mass is 16.5. The molecular formula is C19H25NO2. The van der Waals surface area contributed by atoms with E-state index in [1.54, 1.807) is 7.11 Å². The number of benzene rings is 2. The van der Waals surface area contributed by atoms with E-state index in [-0.39, 0.29) is 0 Å². The van der Waals surface area contributed by atoms with Gasteiger partial charge in [-0.1, -0.05) is 55.8 Å². The molecule has 0 saturated heterocycles. The van der Waals surface area contributed by atoms with Crippen molar-refractivity contribution >= 4 is 0 Å². The van der Waals surface area contributed by atoms with E-state index in [1.165, 1.54) is 5.56 Å². The maximum Gasteiger partial charge on any atom is 0.166 e. The summed E-state index contributed by atoms with van der Waals surface area (Å²) in [5.74, 6) is 1.59. The largest absolute Gasteiger partial charge is 0.493 e. The molecule has 0 spiro atoms. The van der Waals surface area contributed by atoms with Crippen molar-refractivity contribution in [3.05, 3.63) is 59.2 Å². The quantitative estimate of drug-likeness (QED) is 0.835. The molecule has 0 unspecified atom stereocenters. The summed E-state index contributed by atoms with van der Waals surface area (Å²) in [5, 5.41) is 3.43. The van der Waals surface area contributed by atoms with Gasteiger partial charge in [0.05, 0.1) is 7.11 Å². The first-order valence-electron chi connectivity index (χ1n) is 7.67. The first-order chi connectivity index (χ1) is 10.6. The predicted octanol–water partition coefficient (Wildman–Crippen LogP) is 4.08.